The topological polar surface area (TPSA) is 67.6 Å². The first-order chi connectivity index (χ1) is 9.26. The van der Waals surface area contributed by atoms with E-state index in [9.17, 15) is 0 Å². The number of nitrogens with one attached hydrogen (secondary N) is 1. The molecule has 0 saturated heterocycles. The van der Waals surface area contributed by atoms with Gasteiger partial charge in [-0.25, -0.2) is 4.98 Å². The van der Waals surface area contributed by atoms with Gasteiger partial charge in [-0.3, -0.25) is 0 Å². The second-order valence-electron chi connectivity index (χ2n) is 4.22. The van der Waals surface area contributed by atoms with Crippen molar-refractivity contribution < 1.29 is 4.52 Å². The van der Waals surface area contributed by atoms with Gasteiger partial charge in [0.15, 0.2) is 11.0 Å². The maximum Gasteiger partial charge on any atom is 0.239 e. The number of nitrogens with zero attached hydrogens (tertiary/aromatic N) is 3. The Hall–Kier alpha value is -1.82. The smallest absolute Gasteiger partial charge is 0.239 e. The summed E-state index contributed by atoms with van der Waals surface area (Å²) in [6.07, 6.45) is 0.783. The van der Waals surface area contributed by atoms with Crippen molar-refractivity contribution in [1.82, 2.24) is 20.1 Å². The van der Waals surface area contributed by atoms with Crippen LogP contribution >= 0.6 is 11.8 Å². The van der Waals surface area contributed by atoms with Gasteiger partial charge in [0.2, 0.25) is 5.89 Å². The van der Waals surface area contributed by atoms with E-state index >= 15 is 0 Å². The summed E-state index contributed by atoms with van der Waals surface area (Å²) in [5.74, 6) is 1.38. The van der Waals surface area contributed by atoms with Crippen LogP contribution in [0.15, 0.2) is 33.9 Å². The van der Waals surface area contributed by atoms with E-state index in [1.807, 2.05) is 38.1 Å². The Balaban J connectivity index is 1.80. The van der Waals surface area contributed by atoms with Crippen molar-refractivity contribution in [3.05, 3.63) is 36.0 Å². The minimum atomic E-state index is 0.0772. The number of para-hydroxylation sites is 2. The summed E-state index contributed by atoms with van der Waals surface area (Å²) in [6, 6.07) is 7.97. The molecule has 0 radical (unpaired) electrons. The van der Waals surface area contributed by atoms with Crippen LogP contribution in [0.2, 0.25) is 0 Å². The van der Waals surface area contributed by atoms with Crippen molar-refractivity contribution in [1.29, 1.82) is 0 Å². The zero-order valence-corrected chi connectivity index (χ0v) is 11.6. The molecule has 19 heavy (non-hydrogen) atoms. The summed E-state index contributed by atoms with van der Waals surface area (Å²) in [5, 5.41) is 4.85. The second-order valence-corrected chi connectivity index (χ2v) is 5.55. The normalized spacial score (nSPS) is 12.9. The molecule has 5 nitrogen and oxygen atoms in total. The SMILES string of the molecule is CCc1noc([C@H](C)Sc2nc3ccccc3[nH]2)n1. The fourth-order valence-corrected chi connectivity index (χ4v) is 2.63. The van der Waals surface area contributed by atoms with Crippen molar-refractivity contribution in [3.8, 4) is 0 Å². The van der Waals surface area contributed by atoms with E-state index in [0.29, 0.717) is 5.89 Å². The fourth-order valence-electron chi connectivity index (χ4n) is 1.78. The Morgan fingerprint density at radius 3 is 2.89 bits per heavy atom. The van der Waals surface area contributed by atoms with Crippen LogP contribution in [0.3, 0.4) is 0 Å². The number of fused-ring (bicyclic) bond motifs is 1. The lowest BCUT2D eigenvalue weighted by molar-refractivity contribution is 0.375. The molecule has 3 aromatic rings. The second kappa shape index (κ2) is 5.05. The fraction of sp³-hybridized carbons (Fsp3) is 0.308. The Bertz CT molecular complexity index is 658. The zero-order chi connectivity index (χ0) is 13.2. The molecule has 3 rings (SSSR count). The zero-order valence-electron chi connectivity index (χ0n) is 10.8. The van der Waals surface area contributed by atoms with Crippen molar-refractivity contribution in [2.45, 2.75) is 30.7 Å². The number of benzene rings is 1. The van der Waals surface area contributed by atoms with Crippen LogP contribution in [0.4, 0.5) is 0 Å². The first-order valence-corrected chi connectivity index (χ1v) is 7.08. The monoisotopic (exact) mass is 274 g/mol. The van der Waals surface area contributed by atoms with Crippen LogP contribution in [0.5, 0.6) is 0 Å². The van der Waals surface area contributed by atoms with Crippen LogP contribution in [0.25, 0.3) is 11.0 Å². The average Bonchev–Trinajstić information content (AvgIpc) is 3.04. The predicted octanol–water partition coefficient (Wildman–Crippen LogP) is 3.36. The van der Waals surface area contributed by atoms with Gasteiger partial charge in [0.05, 0.1) is 16.3 Å². The molecule has 1 atom stereocenters. The van der Waals surface area contributed by atoms with Crippen molar-refractivity contribution in [2.75, 3.05) is 0 Å². The summed E-state index contributed by atoms with van der Waals surface area (Å²) < 4.78 is 5.24. The van der Waals surface area contributed by atoms with Gasteiger partial charge in [-0.15, -0.1) is 0 Å². The highest BCUT2D eigenvalue weighted by Crippen LogP contribution is 2.33. The van der Waals surface area contributed by atoms with Gasteiger partial charge in [-0.2, -0.15) is 4.98 Å². The average molecular weight is 274 g/mol. The van der Waals surface area contributed by atoms with E-state index in [2.05, 4.69) is 20.1 Å². The molecular formula is C13H14N4OS. The molecule has 1 N–H and O–H groups in total. The lowest BCUT2D eigenvalue weighted by Crippen LogP contribution is -1.90. The summed E-state index contributed by atoms with van der Waals surface area (Å²) in [4.78, 5) is 12.1. The van der Waals surface area contributed by atoms with Gasteiger partial charge in [0.25, 0.3) is 0 Å². The first-order valence-electron chi connectivity index (χ1n) is 6.20. The third-order valence-electron chi connectivity index (χ3n) is 2.80. The molecule has 0 amide bonds. The van der Waals surface area contributed by atoms with Crippen LogP contribution in [-0.2, 0) is 6.42 Å². The maximum atomic E-state index is 5.24. The largest absolute Gasteiger partial charge is 0.338 e. The van der Waals surface area contributed by atoms with Gasteiger partial charge in [-0.1, -0.05) is 36.0 Å². The highest BCUT2D eigenvalue weighted by Gasteiger charge is 2.16. The Morgan fingerprint density at radius 1 is 1.32 bits per heavy atom. The Kier molecular flexibility index (Phi) is 3.25. The third-order valence-corrected chi connectivity index (χ3v) is 3.78. The molecular weight excluding hydrogens is 260 g/mol. The van der Waals surface area contributed by atoms with E-state index in [1.165, 1.54) is 0 Å². The molecule has 0 unspecified atom stereocenters. The molecule has 0 saturated carbocycles. The molecule has 2 heterocycles. The van der Waals surface area contributed by atoms with E-state index < -0.39 is 0 Å². The van der Waals surface area contributed by atoms with Crippen LogP contribution < -0.4 is 0 Å². The number of rotatable bonds is 4. The minimum Gasteiger partial charge on any atom is -0.338 e. The van der Waals surface area contributed by atoms with Crippen LogP contribution in [-0.4, -0.2) is 20.1 Å². The maximum absolute atomic E-state index is 5.24. The minimum absolute atomic E-state index is 0.0772. The van der Waals surface area contributed by atoms with E-state index in [1.54, 1.807) is 11.8 Å². The molecule has 0 aliphatic rings. The summed E-state index contributed by atoms with van der Waals surface area (Å²) >= 11 is 1.58. The molecule has 98 valence electrons. The van der Waals surface area contributed by atoms with Gasteiger partial charge in [0, 0.05) is 6.42 Å². The highest BCUT2D eigenvalue weighted by molar-refractivity contribution is 7.99. The van der Waals surface area contributed by atoms with Crippen LogP contribution in [0, 0.1) is 0 Å². The quantitative estimate of drug-likeness (QED) is 0.739. The van der Waals surface area contributed by atoms with Gasteiger partial charge in [0.1, 0.15) is 0 Å². The number of thioether (sulfide) groups is 1. The Labute approximate surface area is 114 Å². The summed E-state index contributed by atoms with van der Waals surface area (Å²) in [7, 11) is 0. The van der Waals surface area contributed by atoms with Crippen LogP contribution in [0.1, 0.15) is 30.8 Å². The number of aromatic nitrogens is 4. The third kappa shape index (κ3) is 2.49. The van der Waals surface area contributed by atoms with Crippen molar-refractivity contribution in [3.63, 3.8) is 0 Å². The molecule has 6 heteroatoms. The molecule has 0 bridgehead atoms. The number of H-pyrrole nitrogens is 1. The van der Waals surface area contributed by atoms with Crippen molar-refractivity contribution >= 4 is 22.8 Å². The number of aromatic amines is 1. The first kappa shape index (κ1) is 12.2. The lowest BCUT2D eigenvalue weighted by Gasteiger charge is -2.02. The van der Waals surface area contributed by atoms with Gasteiger partial charge in [-0.05, 0) is 19.1 Å². The van der Waals surface area contributed by atoms with Gasteiger partial charge < -0.3 is 9.51 Å². The molecule has 0 spiro atoms. The summed E-state index contributed by atoms with van der Waals surface area (Å²) in [5.41, 5.74) is 2.01. The number of imidazole rings is 1. The predicted molar refractivity (Wildman–Crippen MR) is 74.0 cm³/mol. The number of hydrogen-bond donors (Lipinski definition) is 1. The van der Waals surface area contributed by atoms with Crippen molar-refractivity contribution in [2.24, 2.45) is 0 Å². The van der Waals surface area contributed by atoms with E-state index in [4.69, 9.17) is 4.52 Å². The molecule has 0 aliphatic carbocycles. The number of aryl methyl sites for hydroxylation is 1. The highest BCUT2D eigenvalue weighted by atomic mass is 32.2. The van der Waals surface area contributed by atoms with E-state index in [0.717, 1.165) is 28.4 Å². The number of hydrogen-bond acceptors (Lipinski definition) is 5. The van der Waals surface area contributed by atoms with Gasteiger partial charge >= 0.3 is 0 Å². The summed E-state index contributed by atoms with van der Waals surface area (Å²) in [6.45, 7) is 4.04. The lowest BCUT2D eigenvalue weighted by atomic mass is 10.3. The molecule has 0 aliphatic heterocycles. The Morgan fingerprint density at radius 2 is 2.16 bits per heavy atom. The molecule has 2 aromatic heterocycles. The standard InChI is InChI=1S/C13H14N4OS/c1-3-11-16-12(18-17-11)8(2)19-13-14-9-6-4-5-7-10(9)15-13/h4-8H,3H2,1-2H3,(H,14,15)/t8-/m0/s1. The molecule has 1 aromatic carbocycles. The molecule has 0 fully saturated rings. The van der Waals surface area contributed by atoms with E-state index in [-0.39, 0.29) is 5.25 Å².